The van der Waals surface area contributed by atoms with Gasteiger partial charge in [-0.05, 0) is 45.8 Å². The van der Waals surface area contributed by atoms with Gasteiger partial charge in [0.2, 0.25) is 0 Å². The molecule has 3 atom stereocenters. The van der Waals surface area contributed by atoms with Crippen molar-refractivity contribution in [3.05, 3.63) is 29.8 Å². The molecule has 0 aliphatic heterocycles. The monoisotopic (exact) mass is 290 g/mol. The van der Waals surface area contributed by atoms with Crippen LogP contribution in [0.15, 0.2) is 24.3 Å². The highest BCUT2D eigenvalue weighted by Crippen LogP contribution is 2.44. The molecule has 2 rings (SSSR count). The first-order valence-electron chi connectivity index (χ1n) is 8.16. The number of nitrogens with zero attached hydrogens (tertiary/aromatic N) is 1. The average Bonchev–Trinajstić information content (AvgIpc) is 2.47. The average molecular weight is 290 g/mol. The van der Waals surface area contributed by atoms with Crippen molar-refractivity contribution < 1.29 is 4.74 Å². The van der Waals surface area contributed by atoms with Gasteiger partial charge in [0.05, 0.1) is 12.6 Å². The molecule has 3 unspecified atom stereocenters. The molecule has 21 heavy (non-hydrogen) atoms. The van der Waals surface area contributed by atoms with E-state index in [-0.39, 0.29) is 11.6 Å². The lowest BCUT2D eigenvalue weighted by Crippen LogP contribution is -2.54. The number of hydrogen-bond acceptors (Lipinski definition) is 3. The number of likely N-dealkylation sites (N-methyl/N-ethyl adjacent to an activating group) is 1. The minimum atomic E-state index is -0.0157. The number of nitrogens with two attached hydrogens (primary N) is 1. The smallest absolute Gasteiger partial charge is 0.124 e. The predicted molar refractivity (Wildman–Crippen MR) is 88.6 cm³/mol. The van der Waals surface area contributed by atoms with Gasteiger partial charge in [0, 0.05) is 11.1 Å². The second-order valence-electron chi connectivity index (χ2n) is 6.65. The first-order valence-corrected chi connectivity index (χ1v) is 8.16. The Morgan fingerprint density at radius 3 is 2.71 bits per heavy atom. The minimum absolute atomic E-state index is 0.0157. The van der Waals surface area contributed by atoms with Crippen LogP contribution in [0.3, 0.4) is 0 Å². The zero-order valence-corrected chi connectivity index (χ0v) is 13.9. The summed E-state index contributed by atoms with van der Waals surface area (Å²) in [6.45, 7) is 5.04. The van der Waals surface area contributed by atoms with Crippen molar-refractivity contribution in [3.63, 3.8) is 0 Å². The second-order valence-corrected chi connectivity index (χ2v) is 6.65. The van der Waals surface area contributed by atoms with Crippen molar-refractivity contribution in [2.45, 2.75) is 51.1 Å². The summed E-state index contributed by atoms with van der Waals surface area (Å²) in [5.41, 5.74) is 7.95. The van der Waals surface area contributed by atoms with Gasteiger partial charge in [0.25, 0.3) is 0 Å². The van der Waals surface area contributed by atoms with Gasteiger partial charge < -0.3 is 15.4 Å². The number of hydrogen-bond donors (Lipinski definition) is 1. The maximum atomic E-state index is 6.78. The molecule has 2 N–H and O–H groups in total. The van der Waals surface area contributed by atoms with E-state index >= 15 is 0 Å². The van der Waals surface area contributed by atoms with Gasteiger partial charge in [-0.25, -0.2) is 0 Å². The van der Waals surface area contributed by atoms with E-state index in [1.165, 1.54) is 12.8 Å². The Balaban J connectivity index is 2.37. The molecule has 0 amide bonds. The molecule has 1 aromatic rings. The zero-order chi connectivity index (χ0) is 15.5. The summed E-state index contributed by atoms with van der Waals surface area (Å²) in [7, 11) is 4.34. The topological polar surface area (TPSA) is 38.5 Å². The van der Waals surface area contributed by atoms with Crippen LogP contribution in [0.25, 0.3) is 0 Å². The molecule has 3 heteroatoms. The molecule has 1 fully saturated rings. The van der Waals surface area contributed by atoms with E-state index in [0.29, 0.717) is 6.61 Å². The van der Waals surface area contributed by atoms with E-state index in [4.69, 9.17) is 10.5 Å². The summed E-state index contributed by atoms with van der Waals surface area (Å²) in [6, 6.07) is 8.23. The fraction of sp³-hybridized carbons (Fsp3) is 0.667. The number of para-hydroxylation sites is 1. The van der Waals surface area contributed by atoms with Gasteiger partial charge in [0.15, 0.2) is 0 Å². The lowest BCUT2D eigenvalue weighted by Gasteiger charge is -2.49. The largest absolute Gasteiger partial charge is 0.494 e. The van der Waals surface area contributed by atoms with E-state index in [2.05, 4.69) is 38.1 Å². The molecular weight excluding hydrogens is 260 g/mol. The first kappa shape index (κ1) is 16.3. The van der Waals surface area contributed by atoms with E-state index in [1.807, 2.05) is 19.1 Å². The molecule has 0 aromatic heterocycles. The second kappa shape index (κ2) is 6.80. The van der Waals surface area contributed by atoms with Gasteiger partial charge in [-0.15, -0.1) is 0 Å². The third kappa shape index (κ3) is 3.24. The van der Waals surface area contributed by atoms with Gasteiger partial charge >= 0.3 is 0 Å². The Morgan fingerprint density at radius 1 is 1.38 bits per heavy atom. The Bertz CT molecular complexity index is 460. The highest BCUT2D eigenvalue weighted by atomic mass is 16.5. The van der Waals surface area contributed by atoms with Crippen LogP contribution in [0.5, 0.6) is 5.75 Å². The number of benzene rings is 1. The minimum Gasteiger partial charge on any atom is -0.494 e. The van der Waals surface area contributed by atoms with E-state index < -0.39 is 0 Å². The number of ether oxygens (including phenoxy) is 1. The van der Waals surface area contributed by atoms with E-state index in [0.717, 1.165) is 30.1 Å². The Labute approximate surface area is 129 Å². The van der Waals surface area contributed by atoms with Crippen LogP contribution in [-0.4, -0.2) is 31.1 Å². The molecule has 1 aliphatic rings. The van der Waals surface area contributed by atoms with Crippen LogP contribution < -0.4 is 10.5 Å². The maximum absolute atomic E-state index is 6.78. The Kier molecular flexibility index (Phi) is 5.28. The number of rotatable bonds is 5. The molecule has 0 bridgehead atoms. The van der Waals surface area contributed by atoms with Crippen molar-refractivity contribution >= 4 is 0 Å². The summed E-state index contributed by atoms with van der Waals surface area (Å²) < 4.78 is 5.80. The van der Waals surface area contributed by atoms with Crippen LogP contribution in [0.1, 0.15) is 51.1 Å². The van der Waals surface area contributed by atoms with Crippen LogP contribution in [0.2, 0.25) is 0 Å². The fourth-order valence-corrected chi connectivity index (χ4v) is 3.84. The molecule has 1 aliphatic carbocycles. The molecule has 118 valence electrons. The lowest BCUT2D eigenvalue weighted by atomic mass is 9.70. The third-order valence-corrected chi connectivity index (χ3v) is 5.03. The van der Waals surface area contributed by atoms with Crippen molar-refractivity contribution in [2.75, 3.05) is 20.7 Å². The lowest BCUT2D eigenvalue weighted by molar-refractivity contribution is 0.0490. The molecule has 3 nitrogen and oxygen atoms in total. The highest BCUT2D eigenvalue weighted by Gasteiger charge is 2.43. The van der Waals surface area contributed by atoms with Crippen LogP contribution in [0.4, 0.5) is 0 Å². The highest BCUT2D eigenvalue weighted by molar-refractivity contribution is 5.38. The molecule has 0 spiro atoms. The predicted octanol–water partition coefficient (Wildman–Crippen LogP) is 3.60. The molecule has 1 aromatic carbocycles. The standard InChI is InChI=1S/C18H30N2O/c1-5-21-16-11-7-6-10-15(16)17(19)18(20(3)4)12-8-9-14(2)13-18/h6-7,10-11,14,17H,5,8-9,12-13,19H2,1-4H3. The molecule has 0 radical (unpaired) electrons. The summed E-state index contributed by atoms with van der Waals surface area (Å²) in [5, 5.41) is 0. The van der Waals surface area contributed by atoms with Crippen molar-refractivity contribution in [2.24, 2.45) is 11.7 Å². The van der Waals surface area contributed by atoms with Crippen LogP contribution in [0, 0.1) is 5.92 Å². The van der Waals surface area contributed by atoms with Gasteiger partial charge in [-0.1, -0.05) is 38.0 Å². The molecule has 0 heterocycles. The molecule has 0 saturated heterocycles. The van der Waals surface area contributed by atoms with Crippen molar-refractivity contribution in [1.82, 2.24) is 4.90 Å². The fourth-order valence-electron chi connectivity index (χ4n) is 3.84. The van der Waals surface area contributed by atoms with Crippen LogP contribution in [-0.2, 0) is 0 Å². The summed E-state index contributed by atoms with van der Waals surface area (Å²) in [5.74, 6) is 1.67. The van der Waals surface area contributed by atoms with Gasteiger partial charge in [0.1, 0.15) is 5.75 Å². The third-order valence-electron chi connectivity index (χ3n) is 5.03. The summed E-state index contributed by atoms with van der Waals surface area (Å²) in [6.07, 6.45) is 4.88. The van der Waals surface area contributed by atoms with E-state index in [1.54, 1.807) is 0 Å². The summed E-state index contributed by atoms with van der Waals surface area (Å²) >= 11 is 0. The summed E-state index contributed by atoms with van der Waals surface area (Å²) in [4.78, 5) is 2.34. The Morgan fingerprint density at radius 2 is 2.10 bits per heavy atom. The van der Waals surface area contributed by atoms with Crippen LogP contribution >= 0.6 is 0 Å². The zero-order valence-electron chi connectivity index (χ0n) is 13.9. The Hall–Kier alpha value is -1.06. The first-order chi connectivity index (χ1) is 10.0. The molecular formula is C18H30N2O. The quantitative estimate of drug-likeness (QED) is 0.900. The maximum Gasteiger partial charge on any atom is 0.124 e. The molecule has 1 saturated carbocycles. The van der Waals surface area contributed by atoms with Crippen molar-refractivity contribution in [1.29, 1.82) is 0 Å². The van der Waals surface area contributed by atoms with Gasteiger partial charge in [-0.3, -0.25) is 0 Å². The SMILES string of the molecule is CCOc1ccccc1C(N)C1(N(C)C)CCCC(C)C1. The normalized spacial score (nSPS) is 27.6. The van der Waals surface area contributed by atoms with E-state index in [9.17, 15) is 0 Å². The van der Waals surface area contributed by atoms with Crippen molar-refractivity contribution in [3.8, 4) is 5.75 Å². The van der Waals surface area contributed by atoms with Gasteiger partial charge in [-0.2, -0.15) is 0 Å².